The van der Waals surface area contributed by atoms with Crippen molar-refractivity contribution < 1.29 is 9.13 Å². The molecule has 0 N–H and O–H groups in total. The zero-order chi connectivity index (χ0) is 16.2. The largest absolute Gasteiger partial charge is 0.494 e. The highest BCUT2D eigenvalue weighted by atomic mass is 19.1. The standard InChI is InChI=1S/C20H14FNO/c1-23-20-11-10-18(12-19(20)21)17-8-6-16(7-9-17)15-4-2-14(13-22)3-5-15/h2-12H,1H3. The highest BCUT2D eigenvalue weighted by Gasteiger charge is 2.06. The van der Waals surface area contributed by atoms with E-state index in [0.717, 1.165) is 22.3 Å². The Hall–Kier alpha value is -3.12. The van der Waals surface area contributed by atoms with E-state index in [4.69, 9.17) is 10.00 Å². The van der Waals surface area contributed by atoms with E-state index < -0.39 is 0 Å². The second-order valence-corrected chi connectivity index (χ2v) is 5.12. The van der Waals surface area contributed by atoms with Crippen molar-refractivity contribution in [2.75, 3.05) is 7.11 Å². The second kappa shape index (κ2) is 6.33. The van der Waals surface area contributed by atoms with Crippen LogP contribution in [-0.2, 0) is 0 Å². The van der Waals surface area contributed by atoms with Crippen LogP contribution in [0.5, 0.6) is 5.75 Å². The van der Waals surface area contributed by atoms with Gasteiger partial charge in [0.2, 0.25) is 0 Å². The van der Waals surface area contributed by atoms with Gasteiger partial charge >= 0.3 is 0 Å². The summed E-state index contributed by atoms with van der Waals surface area (Å²) < 4.78 is 18.7. The van der Waals surface area contributed by atoms with E-state index in [-0.39, 0.29) is 11.6 Å². The van der Waals surface area contributed by atoms with Crippen molar-refractivity contribution in [3.63, 3.8) is 0 Å². The summed E-state index contributed by atoms with van der Waals surface area (Å²) in [6.07, 6.45) is 0. The molecule has 0 amide bonds. The first-order chi connectivity index (χ1) is 11.2. The number of hydrogen-bond acceptors (Lipinski definition) is 2. The summed E-state index contributed by atoms with van der Waals surface area (Å²) in [6, 6.07) is 22.3. The molecule has 0 atom stereocenters. The zero-order valence-corrected chi connectivity index (χ0v) is 12.6. The molecule has 0 spiro atoms. The molecule has 0 aliphatic rings. The fourth-order valence-corrected chi connectivity index (χ4v) is 2.44. The molecule has 0 heterocycles. The van der Waals surface area contributed by atoms with Gasteiger partial charge in [0.05, 0.1) is 18.7 Å². The van der Waals surface area contributed by atoms with Gasteiger partial charge in [-0.3, -0.25) is 0 Å². The molecule has 2 nitrogen and oxygen atoms in total. The number of nitrogens with zero attached hydrogens (tertiary/aromatic N) is 1. The molecule has 3 aromatic carbocycles. The summed E-state index contributed by atoms with van der Waals surface area (Å²) in [6.45, 7) is 0. The van der Waals surface area contributed by atoms with Gasteiger partial charge in [-0.2, -0.15) is 5.26 Å². The first kappa shape index (κ1) is 14.8. The average molecular weight is 303 g/mol. The lowest BCUT2D eigenvalue weighted by atomic mass is 9.99. The molecule has 0 unspecified atom stereocenters. The maximum Gasteiger partial charge on any atom is 0.165 e. The molecule has 0 saturated carbocycles. The monoisotopic (exact) mass is 303 g/mol. The predicted octanol–water partition coefficient (Wildman–Crippen LogP) is 5.04. The number of nitriles is 1. The van der Waals surface area contributed by atoms with Gasteiger partial charge in [-0.25, -0.2) is 4.39 Å². The molecule has 0 saturated heterocycles. The molecule has 112 valence electrons. The van der Waals surface area contributed by atoms with E-state index in [9.17, 15) is 4.39 Å². The van der Waals surface area contributed by atoms with Crippen molar-refractivity contribution in [3.8, 4) is 34.1 Å². The highest BCUT2D eigenvalue weighted by molar-refractivity contribution is 5.71. The van der Waals surface area contributed by atoms with Crippen molar-refractivity contribution in [1.82, 2.24) is 0 Å². The van der Waals surface area contributed by atoms with Crippen molar-refractivity contribution in [1.29, 1.82) is 5.26 Å². The van der Waals surface area contributed by atoms with Gasteiger partial charge in [0.25, 0.3) is 0 Å². The quantitative estimate of drug-likeness (QED) is 0.679. The van der Waals surface area contributed by atoms with Crippen molar-refractivity contribution >= 4 is 0 Å². The number of hydrogen-bond donors (Lipinski definition) is 0. The Kier molecular flexibility index (Phi) is 4.07. The lowest BCUT2D eigenvalue weighted by Gasteiger charge is -2.07. The lowest BCUT2D eigenvalue weighted by Crippen LogP contribution is -1.88. The number of methoxy groups -OCH3 is 1. The van der Waals surface area contributed by atoms with Crippen LogP contribution in [0.2, 0.25) is 0 Å². The lowest BCUT2D eigenvalue weighted by molar-refractivity contribution is 0.386. The van der Waals surface area contributed by atoms with Gasteiger partial charge in [-0.05, 0) is 46.5 Å². The summed E-state index contributed by atoms with van der Waals surface area (Å²) in [5.41, 5.74) is 4.46. The van der Waals surface area contributed by atoms with E-state index in [1.807, 2.05) is 42.5 Å². The van der Waals surface area contributed by atoms with Crippen molar-refractivity contribution in [3.05, 3.63) is 78.1 Å². The Bertz CT molecular complexity index is 862. The van der Waals surface area contributed by atoms with E-state index in [0.29, 0.717) is 5.56 Å². The Morgan fingerprint density at radius 3 is 1.74 bits per heavy atom. The molecular formula is C20H14FNO. The SMILES string of the molecule is COc1ccc(-c2ccc(-c3ccc(C#N)cc3)cc2)cc1F. The molecular weight excluding hydrogens is 289 g/mol. The van der Waals surface area contributed by atoms with Gasteiger partial charge in [-0.15, -0.1) is 0 Å². The minimum Gasteiger partial charge on any atom is -0.494 e. The molecule has 3 aromatic rings. The Balaban J connectivity index is 1.89. The number of benzene rings is 3. The molecule has 0 aliphatic heterocycles. The third-order valence-corrected chi connectivity index (χ3v) is 3.72. The Labute approximate surface area is 134 Å². The van der Waals surface area contributed by atoms with E-state index in [1.165, 1.54) is 13.2 Å². The van der Waals surface area contributed by atoms with Gasteiger partial charge < -0.3 is 4.74 Å². The Morgan fingerprint density at radius 1 is 0.783 bits per heavy atom. The van der Waals surface area contributed by atoms with Crippen LogP contribution in [0.25, 0.3) is 22.3 Å². The van der Waals surface area contributed by atoms with E-state index in [2.05, 4.69) is 6.07 Å². The van der Waals surface area contributed by atoms with Crippen LogP contribution >= 0.6 is 0 Å². The molecule has 0 fully saturated rings. The zero-order valence-electron chi connectivity index (χ0n) is 12.6. The second-order valence-electron chi connectivity index (χ2n) is 5.12. The molecule has 3 heteroatoms. The molecule has 0 radical (unpaired) electrons. The average Bonchev–Trinajstić information content (AvgIpc) is 2.62. The highest BCUT2D eigenvalue weighted by Crippen LogP contribution is 2.28. The maximum absolute atomic E-state index is 13.8. The fraction of sp³-hybridized carbons (Fsp3) is 0.0500. The van der Waals surface area contributed by atoms with Crippen LogP contribution in [-0.4, -0.2) is 7.11 Å². The van der Waals surface area contributed by atoms with Crippen LogP contribution in [0.15, 0.2) is 66.7 Å². The first-order valence-electron chi connectivity index (χ1n) is 7.16. The predicted molar refractivity (Wildman–Crippen MR) is 88.5 cm³/mol. The molecule has 0 aliphatic carbocycles. The molecule has 3 rings (SSSR count). The summed E-state index contributed by atoms with van der Waals surface area (Å²) in [4.78, 5) is 0. The fourth-order valence-electron chi connectivity index (χ4n) is 2.44. The third-order valence-electron chi connectivity index (χ3n) is 3.72. The van der Waals surface area contributed by atoms with Crippen LogP contribution < -0.4 is 4.74 Å². The van der Waals surface area contributed by atoms with E-state index >= 15 is 0 Å². The van der Waals surface area contributed by atoms with Crippen LogP contribution in [0, 0.1) is 17.1 Å². The van der Waals surface area contributed by atoms with Gasteiger partial charge in [-0.1, -0.05) is 42.5 Å². The van der Waals surface area contributed by atoms with E-state index in [1.54, 1.807) is 18.2 Å². The summed E-state index contributed by atoms with van der Waals surface area (Å²) in [5.74, 6) is -0.135. The number of halogens is 1. The third kappa shape index (κ3) is 3.07. The summed E-state index contributed by atoms with van der Waals surface area (Å²) in [5, 5.41) is 8.83. The van der Waals surface area contributed by atoms with Gasteiger partial charge in [0, 0.05) is 0 Å². The first-order valence-corrected chi connectivity index (χ1v) is 7.16. The smallest absolute Gasteiger partial charge is 0.165 e. The summed E-state index contributed by atoms with van der Waals surface area (Å²) in [7, 11) is 1.45. The van der Waals surface area contributed by atoms with Gasteiger partial charge in [0.15, 0.2) is 11.6 Å². The van der Waals surface area contributed by atoms with Crippen molar-refractivity contribution in [2.24, 2.45) is 0 Å². The number of ether oxygens (including phenoxy) is 1. The summed E-state index contributed by atoms with van der Waals surface area (Å²) >= 11 is 0. The van der Waals surface area contributed by atoms with Crippen LogP contribution in [0.3, 0.4) is 0 Å². The molecule has 0 aromatic heterocycles. The topological polar surface area (TPSA) is 33.0 Å². The molecule has 0 bridgehead atoms. The van der Waals surface area contributed by atoms with Crippen LogP contribution in [0.1, 0.15) is 5.56 Å². The normalized spacial score (nSPS) is 10.1. The van der Waals surface area contributed by atoms with Gasteiger partial charge in [0.1, 0.15) is 0 Å². The minimum atomic E-state index is -0.374. The van der Waals surface area contributed by atoms with Crippen molar-refractivity contribution in [2.45, 2.75) is 0 Å². The Morgan fingerprint density at radius 2 is 1.26 bits per heavy atom. The maximum atomic E-state index is 13.8. The molecule has 23 heavy (non-hydrogen) atoms. The number of rotatable bonds is 3. The van der Waals surface area contributed by atoms with Crippen LogP contribution in [0.4, 0.5) is 4.39 Å². The minimum absolute atomic E-state index is 0.239.